The Kier molecular flexibility index (Phi) is 4.50. The summed E-state index contributed by atoms with van der Waals surface area (Å²) in [6.07, 6.45) is -0.397. The van der Waals surface area contributed by atoms with Crippen molar-refractivity contribution in [1.29, 1.82) is 0 Å². The fourth-order valence-corrected chi connectivity index (χ4v) is 0.399. The molecule has 0 amide bonds. The van der Waals surface area contributed by atoms with Crippen LogP contribution in [0.3, 0.4) is 0 Å². The highest BCUT2D eigenvalue weighted by Gasteiger charge is 1.95. The van der Waals surface area contributed by atoms with Crippen LogP contribution >= 0.6 is 11.6 Å². The molecule has 44 valence electrons. The standard InChI is InChI=1S/C4H10ClNO/c1-6-3-4(7)2-5/h4,6-7H,2-3H2,1H3/t4-/m0/s1. The molecule has 0 rings (SSSR count). The first-order chi connectivity index (χ1) is 3.31. The lowest BCUT2D eigenvalue weighted by atomic mass is 10.4. The van der Waals surface area contributed by atoms with Crippen LogP contribution in [-0.4, -0.2) is 30.7 Å². The summed E-state index contributed by atoms with van der Waals surface area (Å²) in [4.78, 5) is 0. The molecular formula is C4H10ClNO. The van der Waals surface area contributed by atoms with E-state index in [1.54, 1.807) is 7.05 Å². The normalized spacial score (nSPS) is 14.1. The lowest BCUT2D eigenvalue weighted by molar-refractivity contribution is 0.197. The van der Waals surface area contributed by atoms with E-state index in [1.807, 2.05) is 0 Å². The van der Waals surface area contributed by atoms with Gasteiger partial charge in [-0.25, -0.2) is 0 Å². The molecule has 0 aliphatic rings. The van der Waals surface area contributed by atoms with E-state index in [4.69, 9.17) is 16.7 Å². The van der Waals surface area contributed by atoms with E-state index in [-0.39, 0.29) is 0 Å². The van der Waals surface area contributed by atoms with Gasteiger partial charge in [0.1, 0.15) is 0 Å². The van der Waals surface area contributed by atoms with Crippen molar-refractivity contribution in [2.45, 2.75) is 6.10 Å². The van der Waals surface area contributed by atoms with Crippen molar-refractivity contribution in [2.24, 2.45) is 0 Å². The molecule has 0 aromatic heterocycles. The zero-order chi connectivity index (χ0) is 5.70. The van der Waals surface area contributed by atoms with Gasteiger partial charge in [-0.2, -0.15) is 0 Å². The van der Waals surface area contributed by atoms with Crippen LogP contribution in [0.2, 0.25) is 0 Å². The Morgan fingerprint density at radius 1 is 1.86 bits per heavy atom. The lowest BCUT2D eigenvalue weighted by Gasteiger charge is -2.02. The smallest absolute Gasteiger partial charge is 0.0799 e. The first-order valence-electron chi connectivity index (χ1n) is 2.20. The molecule has 1 atom stereocenters. The summed E-state index contributed by atoms with van der Waals surface area (Å²) < 4.78 is 0. The van der Waals surface area contributed by atoms with Crippen LogP contribution in [0.15, 0.2) is 0 Å². The summed E-state index contributed by atoms with van der Waals surface area (Å²) in [5.41, 5.74) is 0. The number of nitrogens with one attached hydrogen (secondary N) is 1. The minimum Gasteiger partial charge on any atom is -0.391 e. The minimum atomic E-state index is -0.397. The highest BCUT2D eigenvalue weighted by molar-refractivity contribution is 6.18. The van der Waals surface area contributed by atoms with Gasteiger partial charge in [-0.15, -0.1) is 11.6 Å². The molecule has 2 nitrogen and oxygen atoms in total. The third kappa shape index (κ3) is 4.05. The molecule has 0 spiro atoms. The number of aliphatic hydroxyl groups is 1. The molecule has 0 heterocycles. The number of aliphatic hydroxyl groups excluding tert-OH is 1. The Morgan fingerprint density at radius 3 is 2.57 bits per heavy atom. The molecule has 0 saturated heterocycles. The second kappa shape index (κ2) is 4.37. The summed E-state index contributed by atoms with van der Waals surface area (Å²) in [7, 11) is 1.77. The van der Waals surface area contributed by atoms with Crippen LogP contribution in [0, 0.1) is 0 Å². The van der Waals surface area contributed by atoms with Crippen LogP contribution in [0.4, 0.5) is 0 Å². The van der Waals surface area contributed by atoms with Crippen molar-refractivity contribution in [1.82, 2.24) is 5.32 Å². The van der Waals surface area contributed by atoms with E-state index >= 15 is 0 Å². The van der Waals surface area contributed by atoms with Crippen molar-refractivity contribution in [3.8, 4) is 0 Å². The van der Waals surface area contributed by atoms with Gasteiger partial charge in [0.25, 0.3) is 0 Å². The molecule has 0 unspecified atom stereocenters. The predicted octanol–water partition coefficient (Wildman–Crippen LogP) is -0.195. The van der Waals surface area contributed by atoms with Crippen molar-refractivity contribution in [3.63, 3.8) is 0 Å². The van der Waals surface area contributed by atoms with Gasteiger partial charge in [0.05, 0.1) is 6.10 Å². The molecule has 0 aliphatic heterocycles. The van der Waals surface area contributed by atoms with Crippen LogP contribution in [0.25, 0.3) is 0 Å². The Hall–Kier alpha value is 0.210. The number of hydrogen-bond donors (Lipinski definition) is 2. The maximum absolute atomic E-state index is 8.66. The van der Waals surface area contributed by atoms with E-state index in [0.717, 1.165) is 0 Å². The molecule has 2 N–H and O–H groups in total. The maximum atomic E-state index is 8.66. The number of halogens is 1. The third-order valence-corrected chi connectivity index (χ3v) is 0.974. The molecule has 0 saturated carbocycles. The average molecular weight is 124 g/mol. The minimum absolute atomic E-state index is 0.306. The molecule has 0 fully saturated rings. The summed E-state index contributed by atoms with van der Waals surface area (Å²) in [5.74, 6) is 0.306. The summed E-state index contributed by atoms with van der Waals surface area (Å²) in [5, 5.41) is 11.4. The number of likely N-dealkylation sites (N-methyl/N-ethyl adjacent to an activating group) is 1. The van der Waals surface area contributed by atoms with E-state index in [1.165, 1.54) is 0 Å². The first-order valence-corrected chi connectivity index (χ1v) is 2.73. The zero-order valence-corrected chi connectivity index (χ0v) is 5.07. The molecular weight excluding hydrogens is 114 g/mol. The van der Waals surface area contributed by atoms with Crippen molar-refractivity contribution < 1.29 is 5.11 Å². The van der Waals surface area contributed by atoms with Gasteiger partial charge >= 0.3 is 0 Å². The van der Waals surface area contributed by atoms with Gasteiger partial charge in [-0.3, -0.25) is 0 Å². The average Bonchev–Trinajstić information content (AvgIpc) is 1.68. The quantitative estimate of drug-likeness (QED) is 0.510. The molecule has 0 bridgehead atoms. The molecule has 0 aromatic rings. The maximum Gasteiger partial charge on any atom is 0.0799 e. The lowest BCUT2D eigenvalue weighted by Crippen LogP contribution is -2.24. The number of rotatable bonds is 3. The van der Waals surface area contributed by atoms with Crippen LogP contribution in [0.1, 0.15) is 0 Å². The fourth-order valence-electron chi connectivity index (χ4n) is 0.290. The van der Waals surface area contributed by atoms with E-state index in [0.29, 0.717) is 12.4 Å². The van der Waals surface area contributed by atoms with Gasteiger partial charge < -0.3 is 10.4 Å². The predicted molar refractivity (Wildman–Crippen MR) is 30.7 cm³/mol. The molecule has 3 heteroatoms. The summed E-state index contributed by atoms with van der Waals surface area (Å²) >= 11 is 5.24. The summed E-state index contributed by atoms with van der Waals surface area (Å²) in [6.45, 7) is 0.573. The van der Waals surface area contributed by atoms with E-state index in [9.17, 15) is 0 Å². The number of hydrogen-bond acceptors (Lipinski definition) is 2. The van der Waals surface area contributed by atoms with E-state index in [2.05, 4.69) is 5.32 Å². The monoisotopic (exact) mass is 123 g/mol. The Morgan fingerprint density at radius 2 is 2.43 bits per heavy atom. The first kappa shape index (κ1) is 7.21. The van der Waals surface area contributed by atoms with Gasteiger partial charge in [0, 0.05) is 12.4 Å². The molecule has 0 radical (unpaired) electrons. The van der Waals surface area contributed by atoms with Crippen LogP contribution < -0.4 is 5.32 Å². The fraction of sp³-hybridized carbons (Fsp3) is 1.00. The topological polar surface area (TPSA) is 32.3 Å². The zero-order valence-electron chi connectivity index (χ0n) is 4.32. The van der Waals surface area contributed by atoms with Crippen molar-refractivity contribution >= 4 is 11.6 Å². The van der Waals surface area contributed by atoms with Crippen LogP contribution in [-0.2, 0) is 0 Å². The number of alkyl halides is 1. The highest BCUT2D eigenvalue weighted by Crippen LogP contribution is 1.82. The van der Waals surface area contributed by atoms with E-state index < -0.39 is 6.10 Å². The Balaban J connectivity index is 2.83. The van der Waals surface area contributed by atoms with Crippen molar-refractivity contribution in [2.75, 3.05) is 19.5 Å². The molecule has 0 aliphatic carbocycles. The molecule has 7 heavy (non-hydrogen) atoms. The summed E-state index contributed by atoms with van der Waals surface area (Å²) in [6, 6.07) is 0. The molecule has 0 aromatic carbocycles. The largest absolute Gasteiger partial charge is 0.391 e. The van der Waals surface area contributed by atoms with Gasteiger partial charge in [0.15, 0.2) is 0 Å². The Bertz CT molecular complexity index is 42.7. The SMILES string of the molecule is CNC[C@@H](O)CCl. The second-order valence-corrected chi connectivity index (χ2v) is 1.67. The van der Waals surface area contributed by atoms with Gasteiger partial charge in [0.2, 0.25) is 0 Å². The second-order valence-electron chi connectivity index (χ2n) is 1.37. The van der Waals surface area contributed by atoms with Gasteiger partial charge in [-0.1, -0.05) is 0 Å². The Labute approximate surface area is 48.5 Å². The van der Waals surface area contributed by atoms with Crippen molar-refractivity contribution in [3.05, 3.63) is 0 Å². The highest BCUT2D eigenvalue weighted by atomic mass is 35.5. The van der Waals surface area contributed by atoms with Gasteiger partial charge in [-0.05, 0) is 7.05 Å². The van der Waals surface area contributed by atoms with Crippen LogP contribution in [0.5, 0.6) is 0 Å². The third-order valence-electron chi connectivity index (χ3n) is 0.618.